The highest BCUT2D eigenvalue weighted by Gasteiger charge is 2.14. The number of carbonyl (C=O) groups is 1. The van der Waals surface area contributed by atoms with Crippen LogP contribution in [0.15, 0.2) is 47.6 Å². The first-order chi connectivity index (χ1) is 13.1. The molecule has 0 aliphatic heterocycles. The molecule has 1 amide bonds. The molecule has 136 valence electrons. The van der Waals surface area contributed by atoms with Gasteiger partial charge in [-0.3, -0.25) is 4.79 Å². The van der Waals surface area contributed by atoms with Gasteiger partial charge in [-0.2, -0.15) is 4.68 Å². The summed E-state index contributed by atoms with van der Waals surface area (Å²) in [5.41, 5.74) is 4.03. The maximum Gasteiger partial charge on any atom is 0.236 e. The largest absolute Gasteiger partial charge is 0.301 e. The third-order valence-electron chi connectivity index (χ3n) is 3.89. The molecule has 0 fully saturated rings. The normalized spacial score (nSPS) is 11.0. The Bertz CT molecular complexity index is 1090. The van der Waals surface area contributed by atoms with Crippen LogP contribution < -0.4 is 5.32 Å². The van der Waals surface area contributed by atoms with Crippen LogP contribution in [0.1, 0.15) is 11.1 Å². The van der Waals surface area contributed by atoms with Gasteiger partial charge in [-0.15, -0.1) is 5.10 Å². The van der Waals surface area contributed by atoms with Crippen LogP contribution in [0.25, 0.3) is 15.9 Å². The van der Waals surface area contributed by atoms with E-state index in [0.29, 0.717) is 10.3 Å². The van der Waals surface area contributed by atoms with Crippen LogP contribution in [0.4, 0.5) is 5.13 Å². The predicted molar refractivity (Wildman–Crippen MR) is 108 cm³/mol. The van der Waals surface area contributed by atoms with Crippen molar-refractivity contribution in [1.29, 1.82) is 0 Å². The number of amides is 1. The lowest BCUT2D eigenvalue weighted by Gasteiger charge is -2.08. The van der Waals surface area contributed by atoms with Gasteiger partial charge < -0.3 is 5.32 Å². The Hall–Kier alpha value is -2.78. The van der Waals surface area contributed by atoms with Gasteiger partial charge in [0, 0.05) is 0 Å². The maximum atomic E-state index is 12.3. The molecular weight excluding hydrogens is 380 g/mol. The molecule has 0 saturated carbocycles. The number of thioether (sulfide) groups is 1. The summed E-state index contributed by atoms with van der Waals surface area (Å²) in [6.07, 6.45) is 0. The number of benzene rings is 2. The SMILES string of the molecule is Cc1ccc(-n2nnnc2SCC(=O)Nc2nc3ccccc3s2)c(C)c1. The highest BCUT2D eigenvalue weighted by molar-refractivity contribution is 7.99. The van der Waals surface area contributed by atoms with E-state index >= 15 is 0 Å². The average molecular weight is 397 g/mol. The highest BCUT2D eigenvalue weighted by atomic mass is 32.2. The van der Waals surface area contributed by atoms with Crippen molar-refractivity contribution in [2.75, 3.05) is 11.1 Å². The third kappa shape index (κ3) is 3.83. The molecule has 2 aromatic carbocycles. The number of fused-ring (bicyclic) bond motifs is 1. The molecule has 0 aliphatic rings. The number of hydrogen-bond acceptors (Lipinski definition) is 7. The van der Waals surface area contributed by atoms with Crippen LogP contribution in [0, 0.1) is 13.8 Å². The third-order valence-corrected chi connectivity index (χ3v) is 5.77. The van der Waals surface area contributed by atoms with E-state index in [0.717, 1.165) is 21.5 Å². The summed E-state index contributed by atoms with van der Waals surface area (Å²) in [6.45, 7) is 4.05. The minimum Gasteiger partial charge on any atom is -0.301 e. The quantitative estimate of drug-likeness (QED) is 0.519. The number of aromatic nitrogens is 5. The van der Waals surface area contributed by atoms with E-state index in [1.165, 1.54) is 28.7 Å². The van der Waals surface area contributed by atoms with Gasteiger partial charge in [-0.05, 0) is 48.0 Å². The zero-order valence-corrected chi connectivity index (χ0v) is 16.3. The lowest BCUT2D eigenvalue weighted by atomic mass is 10.1. The molecule has 4 aromatic rings. The van der Waals surface area contributed by atoms with Crippen molar-refractivity contribution < 1.29 is 4.79 Å². The zero-order chi connectivity index (χ0) is 18.8. The van der Waals surface area contributed by atoms with Gasteiger partial charge in [0.15, 0.2) is 5.13 Å². The number of nitrogens with one attached hydrogen (secondary N) is 1. The number of nitrogens with zero attached hydrogens (tertiary/aromatic N) is 5. The molecule has 9 heteroatoms. The summed E-state index contributed by atoms with van der Waals surface area (Å²) in [5.74, 6) is 0.0514. The van der Waals surface area contributed by atoms with E-state index < -0.39 is 0 Å². The molecule has 0 saturated heterocycles. The van der Waals surface area contributed by atoms with Crippen molar-refractivity contribution in [1.82, 2.24) is 25.2 Å². The predicted octanol–water partition coefficient (Wildman–Crippen LogP) is 3.62. The monoisotopic (exact) mass is 396 g/mol. The van der Waals surface area contributed by atoms with Gasteiger partial charge in [-0.1, -0.05) is 52.9 Å². The Morgan fingerprint density at radius 3 is 2.89 bits per heavy atom. The first kappa shape index (κ1) is 17.6. The molecule has 0 spiro atoms. The van der Waals surface area contributed by atoms with Crippen LogP contribution in [0.5, 0.6) is 0 Å². The first-order valence-corrected chi connectivity index (χ1v) is 10.0. The summed E-state index contributed by atoms with van der Waals surface area (Å²) in [7, 11) is 0. The minimum absolute atomic E-state index is 0.144. The van der Waals surface area contributed by atoms with Crippen LogP contribution in [0.2, 0.25) is 0 Å². The fraction of sp³-hybridized carbons (Fsp3) is 0.167. The zero-order valence-electron chi connectivity index (χ0n) is 14.7. The van der Waals surface area contributed by atoms with E-state index in [2.05, 4.69) is 31.9 Å². The molecule has 2 heterocycles. The van der Waals surface area contributed by atoms with Crippen molar-refractivity contribution >= 4 is 44.4 Å². The topological polar surface area (TPSA) is 85.6 Å². The molecule has 0 radical (unpaired) electrons. The van der Waals surface area contributed by atoms with E-state index in [9.17, 15) is 4.79 Å². The van der Waals surface area contributed by atoms with Crippen LogP contribution >= 0.6 is 23.1 Å². The second kappa shape index (κ2) is 7.45. The molecule has 0 unspecified atom stereocenters. The number of hydrogen-bond donors (Lipinski definition) is 1. The smallest absolute Gasteiger partial charge is 0.236 e. The Kier molecular flexibility index (Phi) is 4.87. The number of anilines is 1. The average Bonchev–Trinajstić information content (AvgIpc) is 3.26. The summed E-state index contributed by atoms with van der Waals surface area (Å²) in [5, 5.41) is 15.9. The van der Waals surface area contributed by atoms with Crippen molar-refractivity contribution in [3.8, 4) is 5.69 Å². The van der Waals surface area contributed by atoms with E-state index in [-0.39, 0.29) is 11.7 Å². The van der Waals surface area contributed by atoms with Crippen LogP contribution in [0.3, 0.4) is 0 Å². The molecule has 0 bridgehead atoms. The molecule has 2 aromatic heterocycles. The Morgan fingerprint density at radius 2 is 2.07 bits per heavy atom. The van der Waals surface area contributed by atoms with Gasteiger partial charge in [0.2, 0.25) is 11.1 Å². The highest BCUT2D eigenvalue weighted by Crippen LogP contribution is 2.26. The van der Waals surface area contributed by atoms with Gasteiger partial charge >= 0.3 is 0 Å². The second-order valence-electron chi connectivity index (χ2n) is 5.99. The first-order valence-electron chi connectivity index (χ1n) is 8.24. The van der Waals surface area contributed by atoms with E-state index in [1.54, 1.807) is 4.68 Å². The number of aryl methyl sites for hydroxylation is 2. The van der Waals surface area contributed by atoms with E-state index in [1.807, 2.05) is 50.2 Å². The van der Waals surface area contributed by atoms with Gasteiger partial charge in [-0.25, -0.2) is 4.98 Å². The molecule has 1 N–H and O–H groups in total. The van der Waals surface area contributed by atoms with Crippen LogP contribution in [-0.4, -0.2) is 36.9 Å². The summed E-state index contributed by atoms with van der Waals surface area (Å²) in [4.78, 5) is 16.7. The molecule has 7 nitrogen and oxygen atoms in total. The summed E-state index contributed by atoms with van der Waals surface area (Å²) in [6, 6.07) is 13.9. The molecule has 0 atom stereocenters. The fourth-order valence-electron chi connectivity index (χ4n) is 2.67. The molecule has 0 aliphatic carbocycles. The van der Waals surface area contributed by atoms with E-state index in [4.69, 9.17) is 0 Å². The second-order valence-corrected chi connectivity index (χ2v) is 7.96. The molecule has 4 rings (SSSR count). The van der Waals surface area contributed by atoms with Crippen molar-refractivity contribution in [2.45, 2.75) is 19.0 Å². The summed E-state index contributed by atoms with van der Waals surface area (Å²) < 4.78 is 2.70. The maximum absolute atomic E-state index is 12.3. The number of rotatable bonds is 5. The standard InChI is InChI=1S/C18H16N6OS2/c1-11-7-8-14(12(2)9-11)24-18(21-22-23-24)26-10-16(25)20-17-19-13-5-3-4-6-15(13)27-17/h3-9H,10H2,1-2H3,(H,19,20,25). The lowest BCUT2D eigenvalue weighted by Crippen LogP contribution is -2.14. The summed E-state index contributed by atoms with van der Waals surface area (Å²) >= 11 is 2.74. The number of carbonyl (C=O) groups excluding carboxylic acids is 1. The van der Waals surface area contributed by atoms with Gasteiger partial charge in [0.1, 0.15) is 0 Å². The Morgan fingerprint density at radius 1 is 1.22 bits per heavy atom. The lowest BCUT2D eigenvalue weighted by molar-refractivity contribution is -0.113. The number of tetrazole rings is 1. The van der Waals surface area contributed by atoms with Crippen molar-refractivity contribution in [2.24, 2.45) is 0 Å². The fourth-order valence-corrected chi connectivity index (χ4v) is 4.24. The van der Waals surface area contributed by atoms with Gasteiger partial charge in [0.05, 0.1) is 21.7 Å². The molecular formula is C18H16N6OS2. The number of thiazole rings is 1. The van der Waals surface area contributed by atoms with Crippen LogP contribution in [-0.2, 0) is 4.79 Å². The number of para-hydroxylation sites is 1. The Balaban J connectivity index is 1.44. The minimum atomic E-state index is -0.144. The van der Waals surface area contributed by atoms with Crippen molar-refractivity contribution in [3.63, 3.8) is 0 Å². The Labute approximate surface area is 163 Å². The molecule has 27 heavy (non-hydrogen) atoms. The van der Waals surface area contributed by atoms with Gasteiger partial charge in [0.25, 0.3) is 0 Å². The van der Waals surface area contributed by atoms with Crippen molar-refractivity contribution in [3.05, 3.63) is 53.6 Å².